The van der Waals surface area contributed by atoms with E-state index >= 15 is 0 Å². The summed E-state index contributed by atoms with van der Waals surface area (Å²) in [7, 11) is 0. The van der Waals surface area contributed by atoms with Crippen LogP contribution < -0.4 is 0 Å². The predicted molar refractivity (Wildman–Crippen MR) is 63.1 cm³/mol. The van der Waals surface area contributed by atoms with E-state index in [1.165, 1.54) is 0 Å². The van der Waals surface area contributed by atoms with Gasteiger partial charge >= 0.3 is 17.9 Å². The molecule has 1 unspecified atom stereocenters. The van der Waals surface area contributed by atoms with Gasteiger partial charge in [0.2, 0.25) is 0 Å². The number of carbonyl (C=O) groups excluding carboxylic acids is 2. The molecule has 0 aliphatic rings. The van der Waals surface area contributed by atoms with E-state index in [1.807, 2.05) is 0 Å². The van der Waals surface area contributed by atoms with E-state index in [9.17, 15) is 14.7 Å². The highest BCUT2D eigenvalue weighted by molar-refractivity contribution is 5.83. The Morgan fingerprint density at radius 1 is 1.28 bits per heavy atom. The molecule has 0 aromatic carbocycles. The summed E-state index contributed by atoms with van der Waals surface area (Å²) in [4.78, 5) is 22.1. The zero-order chi connectivity index (χ0) is 14.2. The van der Waals surface area contributed by atoms with Crippen molar-refractivity contribution in [2.75, 3.05) is 0 Å². The van der Waals surface area contributed by atoms with Gasteiger partial charge in [-0.15, -0.1) is 0 Å². The molecule has 0 rings (SSSR count). The summed E-state index contributed by atoms with van der Waals surface area (Å²) in [6.07, 6.45) is 1.60. The Hall–Kier alpha value is -1.66. The molecule has 0 aromatic rings. The normalized spacial score (nSPS) is 12.4. The maximum absolute atomic E-state index is 11.0. The van der Waals surface area contributed by atoms with E-state index in [1.54, 1.807) is 6.92 Å². The van der Waals surface area contributed by atoms with E-state index in [0.29, 0.717) is 12.8 Å². The van der Waals surface area contributed by atoms with Crippen LogP contribution in [-0.4, -0.2) is 34.2 Å². The first kappa shape index (κ1) is 16.3. The van der Waals surface area contributed by atoms with Crippen molar-refractivity contribution in [2.45, 2.75) is 38.3 Å². The van der Waals surface area contributed by atoms with E-state index in [0.717, 1.165) is 12.2 Å². The molecule has 0 radical (unpaired) electrons. The summed E-state index contributed by atoms with van der Waals surface area (Å²) in [5, 5.41) is 18.9. The summed E-state index contributed by atoms with van der Waals surface area (Å²) in [5.74, 6) is -4.22. The molecule has 0 aliphatic carbocycles. The van der Waals surface area contributed by atoms with Crippen molar-refractivity contribution >= 4 is 11.9 Å². The second kappa shape index (κ2) is 7.62. The van der Waals surface area contributed by atoms with Crippen molar-refractivity contribution < 1.29 is 29.3 Å². The smallest absolute Gasteiger partial charge is 0.373 e. The molecule has 1 atom stereocenters. The highest BCUT2D eigenvalue weighted by Crippen LogP contribution is 2.19. The number of aliphatic hydroxyl groups excluding tert-OH is 1. The average molecular weight is 258 g/mol. The van der Waals surface area contributed by atoms with Gasteiger partial charge in [-0.25, -0.2) is 9.59 Å². The summed E-state index contributed by atoms with van der Waals surface area (Å²) in [6, 6.07) is 0. The molecule has 0 fully saturated rings. The molecule has 102 valence electrons. The fraction of sp³-hybridized carbons (Fsp3) is 0.500. The van der Waals surface area contributed by atoms with Crippen LogP contribution in [0.1, 0.15) is 26.2 Å². The van der Waals surface area contributed by atoms with Gasteiger partial charge in [0.15, 0.2) is 0 Å². The van der Waals surface area contributed by atoms with Crippen LogP contribution in [0.25, 0.3) is 0 Å². The SMILES string of the molecule is C=CC(=O)OC(O)(CCCC(C)O)OC(=O)C=C. The predicted octanol–water partition coefficient (Wildman–Crippen LogP) is 0.642. The van der Waals surface area contributed by atoms with Crippen molar-refractivity contribution in [2.24, 2.45) is 0 Å². The fourth-order valence-corrected chi connectivity index (χ4v) is 1.14. The Bertz CT molecular complexity index is 299. The lowest BCUT2D eigenvalue weighted by atomic mass is 10.1. The largest absolute Gasteiger partial charge is 0.395 e. The third kappa shape index (κ3) is 6.82. The standard InChI is InChI=1S/C12H18O6/c1-4-10(14)17-12(16,18-11(15)5-2)8-6-7-9(3)13/h4-5,9,13,16H,1-2,6-8H2,3H3. The fourth-order valence-electron chi connectivity index (χ4n) is 1.14. The van der Waals surface area contributed by atoms with Crippen LogP contribution in [0.4, 0.5) is 0 Å². The zero-order valence-electron chi connectivity index (χ0n) is 10.3. The topological polar surface area (TPSA) is 93.1 Å². The van der Waals surface area contributed by atoms with Crippen LogP contribution in [0, 0.1) is 0 Å². The number of ether oxygens (including phenoxy) is 2. The molecule has 0 spiro atoms. The molecule has 0 heterocycles. The Labute approximate surface area is 106 Å². The van der Waals surface area contributed by atoms with Crippen LogP contribution in [-0.2, 0) is 19.1 Å². The van der Waals surface area contributed by atoms with Crippen LogP contribution in [0.15, 0.2) is 25.3 Å². The van der Waals surface area contributed by atoms with Crippen LogP contribution >= 0.6 is 0 Å². The molecule has 2 N–H and O–H groups in total. The molecule has 6 nitrogen and oxygen atoms in total. The Morgan fingerprint density at radius 2 is 1.72 bits per heavy atom. The first-order valence-corrected chi connectivity index (χ1v) is 5.44. The number of rotatable bonds is 8. The van der Waals surface area contributed by atoms with Gasteiger partial charge in [-0.2, -0.15) is 0 Å². The summed E-state index contributed by atoms with van der Waals surface area (Å²) in [5.41, 5.74) is 0. The Morgan fingerprint density at radius 3 is 2.06 bits per heavy atom. The number of hydrogen-bond donors (Lipinski definition) is 2. The molecule has 0 aliphatic heterocycles. The first-order valence-electron chi connectivity index (χ1n) is 5.44. The van der Waals surface area contributed by atoms with Crippen molar-refractivity contribution in [3.8, 4) is 0 Å². The third-order valence-corrected chi connectivity index (χ3v) is 1.97. The quantitative estimate of drug-likeness (QED) is 0.377. The molecule has 18 heavy (non-hydrogen) atoms. The zero-order valence-corrected chi connectivity index (χ0v) is 10.3. The van der Waals surface area contributed by atoms with Gasteiger partial charge in [-0.3, -0.25) is 0 Å². The van der Waals surface area contributed by atoms with Gasteiger partial charge in [0, 0.05) is 12.2 Å². The second-order valence-electron chi connectivity index (χ2n) is 3.70. The molecular weight excluding hydrogens is 240 g/mol. The Balaban J connectivity index is 4.57. The van der Waals surface area contributed by atoms with Crippen molar-refractivity contribution in [1.29, 1.82) is 0 Å². The van der Waals surface area contributed by atoms with Crippen molar-refractivity contribution in [1.82, 2.24) is 0 Å². The molecule has 0 amide bonds. The highest BCUT2D eigenvalue weighted by Gasteiger charge is 2.34. The van der Waals surface area contributed by atoms with Crippen molar-refractivity contribution in [3.05, 3.63) is 25.3 Å². The molecule has 0 aromatic heterocycles. The molecular formula is C12H18O6. The molecule has 0 saturated carbocycles. The lowest BCUT2D eigenvalue weighted by Gasteiger charge is -2.26. The monoisotopic (exact) mass is 258 g/mol. The molecule has 6 heteroatoms. The number of esters is 2. The number of carbonyl (C=O) groups is 2. The van der Waals surface area contributed by atoms with Crippen LogP contribution in [0.5, 0.6) is 0 Å². The number of hydrogen-bond acceptors (Lipinski definition) is 6. The van der Waals surface area contributed by atoms with Gasteiger partial charge in [0.1, 0.15) is 0 Å². The van der Waals surface area contributed by atoms with Gasteiger partial charge in [-0.05, 0) is 19.8 Å². The van der Waals surface area contributed by atoms with Crippen LogP contribution in [0.2, 0.25) is 0 Å². The Kier molecular flexibility index (Phi) is 6.92. The van der Waals surface area contributed by atoms with E-state index in [2.05, 4.69) is 22.6 Å². The highest BCUT2D eigenvalue weighted by atomic mass is 16.8. The molecule has 0 saturated heterocycles. The number of aliphatic hydroxyl groups is 2. The van der Waals surface area contributed by atoms with E-state index < -0.39 is 24.0 Å². The first-order chi connectivity index (χ1) is 8.33. The van der Waals surface area contributed by atoms with Crippen molar-refractivity contribution in [3.63, 3.8) is 0 Å². The van der Waals surface area contributed by atoms with Gasteiger partial charge in [0.25, 0.3) is 0 Å². The summed E-state index contributed by atoms with van der Waals surface area (Å²) in [6.45, 7) is 7.91. The van der Waals surface area contributed by atoms with E-state index in [4.69, 9.17) is 5.11 Å². The maximum atomic E-state index is 11.0. The minimum absolute atomic E-state index is 0.156. The van der Waals surface area contributed by atoms with Crippen LogP contribution in [0.3, 0.4) is 0 Å². The minimum atomic E-state index is -2.37. The lowest BCUT2D eigenvalue weighted by Crippen LogP contribution is -2.39. The minimum Gasteiger partial charge on any atom is -0.395 e. The molecule has 0 bridgehead atoms. The summed E-state index contributed by atoms with van der Waals surface area (Å²) >= 11 is 0. The van der Waals surface area contributed by atoms with Gasteiger partial charge < -0.3 is 19.7 Å². The van der Waals surface area contributed by atoms with Gasteiger partial charge in [0.05, 0.1) is 12.5 Å². The maximum Gasteiger partial charge on any atom is 0.373 e. The lowest BCUT2D eigenvalue weighted by molar-refractivity contribution is -0.324. The van der Waals surface area contributed by atoms with Gasteiger partial charge in [-0.1, -0.05) is 13.2 Å². The van der Waals surface area contributed by atoms with E-state index in [-0.39, 0.29) is 6.42 Å². The summed E-state index contributed by atoms with van der Waals surface area (Å²) < 4.78 is 9.14. The second-order valence-corrected chi connectivity index (χ2v) is 3.70. The average Bonchev–Trinajstić information content (AvgIpc) is 2.27. The third-order valence-electron chi connectivity index (χ3n) is 1.97.